The molecule has 7 heavy (non-hydrogen) atoms. The molecule has 0 amide bonds. The van der Waals surface area contributed by atoms with Crippen molar-refractivity contribution >= 4 is 23.1 Å². The first-order valence-electron chi connectivity index (χ1n) is 1.38. The van der Waals surface area contributed by atoms with Crippen molar-refractivity contribution in [3.8, 4) is 0 Å². The molecule has 0 aliphatic rings. The molecule has 0 radical (unpaired) electrons. The summed E-state index contributed by atoms with van der Waals surface area (Å²) in [5.41, 5.74) is 0. The van der Waals surface area contributed by atoms with Crippen LogP contribution in [0.2, 0.25) is 0 Å². The van der Waals surface area contributed by atoms with E-state index in [-0.39, 0.29) is 47.0 Å². The average molecular weight is 218 g/mol. The third kappa shape index (κ3) is 4.63. The Hall–Kier alpha value is 0.776. The van der Waals surface area contributed by atoms with Crippen molar-refractivity contribution in [1.29, 1.82) is 0 Å². The fraction of sp³-hybridized carbons (Fsp3) is 0. The number of furan rings is 1. The Morgan fingerprint density at radius 3 is 2.29 bits per heavy atom. The van der Waals surface area contributed by atoms with Crippen LogP contribution in [-0.2, 0) is 0 Å². The van der Waals surface area contributed by atoms with E-state index in [1.807, 2.05) is 0 Å². The molecular weight excluding hydrogens is 215 g/mol. The van der Waals surface area contributed by atoms with Crippen LogP contribution >= 0.6 is 0 Å². The van der Waals surface area contributed by atoms with Crippen LogP contribution < -0.4 is 24.0 Å². The molecule has 0 saturated heterocycles. The Balaban J connectivity index is 0. The minimum atomic E-state index is 0. The largest absolute Gasteiger partial charge is 2.00 e. The first-order valence-corrected chi connectivity index (χ1v) is 1.38. The van der Waals surface area contributed by atoms with E-state index in [0.29, 0.717) is 0 Å². The molecular formula is C4H3IMgO. The Morgan fingerprint density at radius 2 is 2.14 bits per heavy atom. The molecule has 1 rings (SSSR count). The summed E-state index contributed by atoms with van der Waals surface area (Å²) in [5, 5.41) is 0. The normalized spacial score (nSPS) is 5.71. The van der Waals surface area contributed by atoms with Gasteiger partial charge in [0, 0.05) is 0 Å². The summed E-state index contributed by atoms with van der Waals surface area (Å²) in [6, 6.07) is 4.40. The molecule has 1 nitrogen and oxygen atoms in total. The molecule has 0 unspecified atom stereocenters. The minimum Gasteiger partial charge on any atom is -1.00 e. The van der Waals surface area contributed by atoms with Crippen molar-refractivity contribution in [3.05, 3.63) is 24.7 Å². The monoisotopic (exact) mass is 218 g/mol. The second-order valence-corrected chi connectivity index (χ2v) is 0.723. The van der Waals surface area contributed by atoms with Gasteiger partial charge in [0.05, 0.1) is 0 Å². The van der Waals surface area contributed by atoms with Crippen LogP contribution in [0.5, 0.6) is 0 Å². The smallest absolute Gasteiger partial charge is 1.00 e. The maximum Gasteiger partial charge on any atom is 2.00 e. The topological polar surface area (TPSA) is 13.1 Å². The molecule has 3 heteroatoms. The average Bonchev–Trinajstić information content (AvgIpc) is 1.76. The van der Waals surface area contributed by atoms with E-state index < -0.39 is 0 Å². The van der Waals surface area contributed by atoms with Crippen molar-refractivity contribution in [2.45, 2.75) is 0 Å². The van der Waals surface area contributed by atoms with E-state index in [1.54, 1.807) is 12.3 Å². The molecule has 1 aromatic heterocycles. The van der Waals surface area contributed by atoms with Gasteiger partial charge in [-0.3, -0.25) is 0 Å². The van der Waals surface area contributed by atoms with Crippen LogP contribution in [0.4, 0.5) is 0 Å². The van der Waals surface area contributed by atoms with E-state index in [9.17, 15) is 0 Å². The van der Waals surface area contributed by atoms with Crippen molar-refractivity contribution in [2.24, 2.45) is 0 Å². The van der Waals surface area contributed by atoms with E-state index in [2.05, 4.69) is 10.5 Å². The third-order valence-electron chi connectivity index (χ3n) is 0.379. The number of hydrogen-bond acceptors (Lipinski definition) is 1. The summed E-state index contributed by atoms with van der Waals surface area (Å²) in [6.07, 6.45) is 3.07. The SMILES string of the molecule is [I-].[Mg+2].[c-]1ccoc1. The molecule has 0 spiro atoms. The Morgan fingerprint density at radius 1 is 1.43 bits per heavy atom. The standard InChI is InChI=1S/C4H3O.HI.Mg/c1-2-4-5-3-1;;/h1,3-4H;1H;/q-1;;+2/p-1. The molecule has 1 aromatic rings. The predicted molar refractivity (Wildman–Crippen MR) is 23.3 cm³/mol. The fourth-order valence-electron chi connectivity index (χ4n) is 0.196. The van der Waals surface area contributed by atoms with Crippen LogP contribution in [-0.4, -0.2) is 23.1 Å². The molecule has 0 N–H and O–H groups in total. The number of halogens is 1. The summed E-state index contributed by atoms with van der Waals surface area (Å²) < 4.78 is 4.53. The number of hydrogen-bond donors (Lipinski definition) is 0. The zero-order chi connectivity index (χ0) is 3.54. The van der Waals surface area contributed by atoms with Crippen LogP contribution in [0.15, 0.2) is 23.0 Å². The Bertz CT molecular complexity index is 68.2. The van der Waals surface area contributed by atoms with Gasteiger partial charge >= 0.3 is 23.1 Å². The van der Waals surface area contributed by atoms with Crippen molar-refractivity contribution in [2.75, 3.05) is 0 Å². The van der Waals surface area contributed by atoms with E-state index in [4.69, 9.17) is 0 Å². The first kappa shape index (κ1) is 10.7. The summed E-state index contributed by atoms with van der Waals surface area (Å²) in [6.45, 7) is 0. The van der Waals surface area contributed by atoms with Gasteiger partial charge in [-0.1, -0.05) is 6.26 Å². The van der Waals surface area contributed by atoms with Crippen LogP contribution in [0.1, 0.15) is 0 Å². The maximum atomic E-state index is 4.53. The van der Waals surface area contributed by atoms with Crippen LogP contribution in [0.25, 0.3) is 0 Å². The van der Waals surface area contributed by atoms with Gasteiger partial charge in [-0.25, -0.2) is 6.07 Å². The second-order valence-electron chi connectivity index (χ2n) is 0.723. The summed E-state index contributed by atoms with van der Waals surface area (Å²) in [4.78, 5) is 0. The second kappa shape index (κ2) is 6.78. The molecule has 34 valence electrons. The summed E-state index contributed by atoms with van der Waals surface area (Å²) >= 11 is 0. The molecule has 0 aliphatic heterocycles. The molecule has 0 bridgehead atoms. The number of rotatable bonds is 0. The van der Waals surface area contributed by atoms with Crippen molar-refractivity contribution in [1.82, 2.24) is 0 Å². The van der Waals surface area contributed by atoms with Crippen LogP contribution in [0.3, 0.4) is 0 Å². The molecule has 0 atom stereocenters. The van der Waals surface area contributed by atoms with Crippen molar-refractivity contribution < 1.29 is 28.4 Å². The zero-order valence-corrected chi connectivity index (χ0v) is 7.30. The zero-order valence-electron chi connectivity index (χ0n) is 3.73. The van der Waals surface area contributed by atoms with Gasteiger partial charge in [0.15, 0.2) is 0 Å². The van der Waals surface area contributed by atoms with Gasteiger partial charge in [0.25, 0.3) is 0 Å². The fourth-order valence-corrected chi connectivity index (χ4v) is 0.196. The van der Waals surface area contributed by atoms with E-state index in [0.717, 1.165) is 0 Å². The molecule has 0 saturated carbocycles. The van der Waals surface area contributed by atoms with E-state index in [1.165, 1.54) is 6.26 Å². The first-order chi connectivity index (χ1) is 2.50. The molecule has 0 aliphatic carbocycles. The van der Waals surface area contributed by atoms with Gasteiger partial charge in [0.1, 0.15) is 0 Å². The Labute approximate surface area is 75.6 Å². The minimum absolute atomic E-state index is 0. The molecule has 0 aromatic carbocycles. The summed E-state index contributed by atoms with van der Waals surface area (Å²) in [5.74, 6) is 0. The summed E-state index contributed by atoms with van der Waals surface area (Å²) in [7, 11) is 0. The van der Waals surface area contributed by atoms with Crippen molar-refractivity contribution in [3.63, 3.8) is 0 Å². The van der Waals surface area contributed by atoms with Gasteiger partial charge < -0.3 is 28.4 Å². The quantitative estimate of drug-likeness (QED) is 0.271. The van der Waals surface area contributed by atoms with Gasteiger partial charge in [-0.2, -0.15) is 6.07 Å². The van der Waals surface area contributed by atoms with Gasteiger partial charge in [0.2, 0.25) is 0 Å². The molecule has 0 fully saturated rings. The van der Waals surface area contributed by atoms with Crippen LogP contribution in [0, 0.1) is 6.07 Å². The molecule has 1 heterocycles. The van der Waals surface area contributed by atoms with E-state index >= 15 is 0 Å². The predicted octanol–water partition coefficient (Wildman–Crippen LogP) is -2.30. The maximum absolute atomic E-state index is 4.53. The third-order valence-corrected chi connectivity index (χ3v) is 0.379. The Kier molecular flexibility index (Phi) is 10.4. The van der Waals surface area contributed by atoms with Gasteiger partial charge in [-0.15, -0.1) is 0 Å². The van der Waals surface area contributed by atoms with Gasteiger partial charge in [-0.05, 0) is 6.26 Å².